The van der Waals surface area contributed by atoms with Gasteiger partial charge in [0.25, 0.3) is 0 Å². The Morgan fingerprint density at radius 1 is 1.19 bits per heavy atom. The molecule has 0 atom stereocenters. The molecule has 2 aromatic rings. The quantitative estimate of drug-likeness (QED) is 0.384. The van der Waals surface area contributed by atoms with Gasteiger partial charge in [-0.3, -0.25) is 0 Å². The van der Waals surface area contributed by atoms with Gasteiger partial charge in [0.2, 0.25) is 0 Å². The monoisotopic (exact) mass is 438 g/mol. The lowest BCUT2D eigenvalue weighted by atomic mass is 9.91. The van der Waals surface area contributed by atoms with Crippen molar-refractivity contribution in [2.45, 2.75) is 32.9 Å². The van der Waals surface area contributed by atoms with Crippen molar-refractivity contribution in [3.8, 4) is 11.5 Å². The number of benzene rings is 2. The van der Waals surface area contributed by atoms with E-state index in [9.17, 15) is 32.6 Å². The first-order valence-electron chi connectivity index (χ1n) is 9.31. The van der Waals surface area contributed by atoms with Crippen molar-refractivity contribution in [1.82, 2.24) is 0 Å². The minimum Gasteiger partial charge on any atom is -0.507 e. The van der Waals surface area contributed by atoms with Gasteiger partial charge < -0.3 is 14.9 Å². The number of hydrogen-bond donors (Lipinski definition) is 2. The standard InChI is InChI=1S/C23H22F4O4/c1-13(2)4-9-17-19(31-11-10-23(25,26)27)12-18(20(21(17)28)22(29)30)14(3)15-5-7-16(24)8-6-15/h4-8,12,28H,3,9-11H2,1-2H3,(H,29,30). The van der Waals surface area contributed by atoms with Gasteiger partial charge >= 0.3 is 12.1 Å². The van der Waals surface area contributed by atoms with Crippen molar-refractivity contribution < 1.29 is 37.3 Å². The maximum atomic E-state index is 13.2. The molecule has 0 aliphatic heterocycles. The van der Waals surface area contributed by atoms with E-state index in [-0.39, 0.29) is 28.9 Å². The summed E-state index contributed by atoms with van der Waals surface area (Å²) in [6.07, 6.45) is -3.92. The van der Waals surface area contributed by atoms with Crippen LogP contribution in [-0.2, 0) is 6.42 Å². The van der Waals surface area contributed by atoms with E-state index in [1.165, 1.54) is 18.2 Å². The molecule has 0 amide bonds. The number of carboxylic acid groups (broad SMARTS) is 1. The molecule has 8 heteroatoms. The number of allylic oxidation sites excluding steroid dienone is 2. The summed E-state index contributed by atoms with van der Waals surface area (Å²) in [5.74, 6) is -2.66. The summed E-state index contributed by atoms with van der Waals surface area (Å²) in [7, 11) is 0. The number of ether oxygens (including phenoxy) is 1. The van der Waals surface area contributed by atoms with Crippen LogP contribution in [0, 0.1) is 5.82 Å². The molecule has 2 N–H and O–H groups in total. The lowest BCUT2D eigenvalue weighted by molar-refractivity contribution is -0.139. The average Bonchev–Trinajstić information content (AvgIpc) is 2.65. The van der Waals surface area contributed by atoms with Crippen molar-refractivity contribution in [2.24, 2.45) is 0 Å². The zero-order valence-electron chi connectivity index (χ0n) is 17.0. The second kappa shape index (κ2) is 9.68. The third-order valence-electron chi connectivity index (χ3n) is 4.45. The van der Waals surface area contributed by atoms with Crippen LogP contribution >= 0.6 is 0 Å². The molecule has 4 nitrogen and oxygen atoms in total. The normalized spacial score (nSPS) is 11.2. The summed E-state index contributed by atoms with van der Waals surface area (Å²) < 4.78 is 56.2. The Hall–Kier alpha value is -3.29. The van der Waals surface area contributed by atoms with E-state index in [4.69, 9.17) is 4.74 Å². The summed E-state index contributed by atoms with van der Waals surface area (Å²) in [6, 6.07) is 6.32. The average molecular weight is 438 g/mol. The van der Waals surface area contributed by atoms with Gasteiger partial charge in [-0.2, -0.15) is 13.2 Å². The van der Waals surface area contributed by atoms with Crippen LogP contribution in [0.5, 0.6) is 11.5 Å². The summed E-state index contributed by atoms with van der Waals surface area (Å²) in [6.45, 7) is 6.68. The molecular formula is C23H22F4O4. The lowest BCUT2D eigenvalue weighted by Crippen LogP contribution is -2.14. The van der Waals surface area contributed by atoms with Crippen LogP contribution in [0.3, 0.4) is 0 Å². The van der Waals surface area contributed by atoms with Crippen molar-refractivity contribution >= 4 is 11.5 Å². The molecule has 0 spiro atoms. The number of hydrogen-bond acceptors (Lipinski definition) is 3. The van der Waals surface area contributed by atoms with E-state index in [1.807, 2.05) is 0 Å². The van der Waals surface area contributed by atoms with Gasteiger partial charge in [-0.25, -0.2) is 9.18 Å². The Bertz CT molecular complexity index is 1000. The molecule has 0 aromatic heterocycles. The SMILES string of the molecule is C=C(c1ccc(F)cc1)c1cc(OCCC(F)(F)F)c(CC=C(C)C)c(O)c1C(=O)O. The molecule has 0 saturated carbocycles. The van der Waals surface area contributed by atoms with Gasteiger partial charge in [0.05, 0.1) is 13.0 Å². The molecule has 0 fully saturated rings. The van der Waals surface area contributed by atoms with Crippen LogP contribution in [0.4, 0.5) is 17.6 Å². The number of halogens is 4. The highest BCUT2D eigenvalue weighted by Crippen LogP contribution is 2.40. The zero-order valence-corrected chi connectivity index (χ0v) is 17.0. The fraction of sp³-hybridized carbons (Fsp3) is 0.261. The molecule has 31 heavy (non-hydrogen) atoms. The predicted octanol–water partition coefficient (Wildman–Crippen LogP) is 6.13. The van der Waals surface area contributed by atoms with Crippen LogP contribution in [0.25, 0.3) is 5.57 Å². The van der Waals surface area contributed by atoms with Gasteiger partial charge in [0, 0.05) is 11.1 Å². The summed E-state index contributed by atoms with van der Waals surface area (Å²) in [4.78, 5) is 11.9. The van der Waals surface area contributed by atoms with E-state index in [0.29, 0.717) is 5.56 Å². The molecular weight excluding hydrogens is 416 g/mol. The first kappa shape index (κ1) is 24.0. The topological polar surface area (TPSA) is 66.8 Å². The Labute approximate surface area is 177 Å². The molecule has 0 bridgehead atoms. The Morgan fingerprint density at radius 3 is 2.32 bits per heavy atom. The molecule has 0 unspecified atom stereocenters. The first-order chi connectivity index (χ1) is 14.4. The highest BCUT2D eigenvalue weighted by atomic mass is 19.4. The molecule has 0 saturated heterocycles. The fourth-order valence-electron chi connectivity index (χ4n) is 2.86. The van der Waals surface area contributed by atoms with E-state index in [1.54, 1.807) is 19.9 Å². The van der Waals surface area contributed by atoms with Gasteiger partial charge in [-0.05, 0) is 49.6 Å². The van der Waals surface area contributed by atoms with Crippen molar-refractivity contribution in [1.29, 1.82) is 0 Å². The van der Waals surface area contributed by atoms with Crippen LogP contribution in [0.15, 0.2) is 48.6 Å². The minimum atomic E-state index is -4.44. The molecule has 2 rings (SSSR count). The van der Waals surface area contributed by atoms with Crippen molar-refractivity contribution in [3.63, 3.8) is 0 Å². The van der Waals surface area contributed by atoms with Gasteiger partial charge in [0.15, 0.2) is 0 Å². The second-order valence-electron chi connectivity index (χ2n) is 7.11. The lowest BCUT2D eigenvalue weighted by Gasteiger charge is -2.19. The number of aromatic carboxylic acids is 1. The summed E-state index contributed by atoms with van der Waals surface area (Å²) >= 11 is 0. The van der Waals surface area contributed by atoms with Gasteiger partial charge in [-0.15, -0.1) is 0 Å². The number of rotatable bonds is 8. The molecule has 0 radical (unpaired) electrons. The predicted molar refractivity (Wildman–Crippen MR) is 109 cm³/mol. The van der Waals surface area contributed by atoms with E-state index in [0.717, 1.165) is 17.7 Å². The summed E-state index contributed by atoms with van der Waals surface area (Å²) in [5, 5.41) is 20.4. The highest BCUT2D eigenvalue weighted by Gasteiger charge is 2.28. The van der Waals surface area contributed by atoms with E-state index in [2.05, 4.69) is 6.58 Å². The van der Waals surface area contributed by atoms with Crippen molar-refractivity contribution in [2.75, 3.05) is 6.61 Å². The largest absolute Gasteiger partial charge is 0.507 e. The minimum absolute atomic E-state index is 0.0421. The van der Waals surface area contributed by atoms with Crippen LogP contribution in [-0.4, -0.2) is 29.0 Å². The first-order valence-corrected chi connectivity index (χ1v) is 9.31. The Morgan fingerprint density at radius 2 is 1.81 bits per heavy atom. The second-order valence-corrected chi connectivity index (χ2v) is 7.11. The van der Waals surface area contributed by atoms with Crippen LogP contribution in [0.1, 0.15) is 47.3 Å². The van der Waals surface area contributed by atoms with Crippen molar-refractivity contribution in [3.05, 3.63) is 76.6 Å². The summed E-state index contributed by atoms with van der Waals surface area (Å²) in [5.41, 5.74) is 0.923. The smallest absolute Gasteiger partial charge is 0.392 e. The maximum Gasteiger partial charge on any atom is 0.392 e. The van der Waals surface area contributed by atoms with Crippen LogP contribution in [0.2, 0.25) is 0 Å². The van der Waals surface area contributed by atoms with Gasteiger partial charge in [0.1, 0.15) is 22.9 Å². The molecule has 166 valence electrons. The maximum absolute atomic E-state index is 13.2. The third-order valence-corrected chi connectivity index (χ3v) is 4.45. The molecule has 0 aliphatic rings. The fourth-order valence-corrected chi connectivity index (χ4v) is 2.86. The number of carboxylic acids is 1. The van der Waals surface area contributed by atoms with E-state index < -0.39 is 42.3 Å². The highest BCUT2D eigenvalue weighted by molar-refractivity contribution is 6.00. The van der Waals surface area contributed by atoms with Gasteiger partial charge in [-0.1, -0.05) is 30.4 Å². The number of phenols is 1. The molecule has 2 aromatic carbocycles. The Balaban J connectivity index is 2.62. The molecule has 0 heterocycles. The Kier molecular flexibility index (Phi) is 7.49. The van der Waals surface area contributed by atoms with Crippen LogP contribution < -0.4 is 4.74 Å². The zero-order chi connectivity index (χ0) is 23.3. The number of aromatic hydroxyl groups is 1. The number of carbonyl (C=O) groups is 1. The molecule has 0 aliphatic carbocycles. The third kappa shape index (κ3) is 6.34. The van der Waals surface area contributed by atoms with E-state index >= 15 is 0 Å². The number of alkyl halides is 3.